The van der Waals surface area contributed by atoms with E-state index in [4.69, 9.17) is 14.2 Å². The summed E-state index contributed by atoms with van der Waals surface area (Å²) in [5.74, 6) is 2.47. The first kappa shape index (κ1) is 23.6. The molecule has 0 saturated heterocycles. The molecule has 3 rings (SSSR count). The van der Waals surface area contributed by atoms with E-state index in [0.29, 0.717) is 54.1 Å². The molecule has 0 unspecified atom stereocenters. The first-order valence-corrected chi connectivity index (χ1v) is 11.2. The number of amides is 1. The molecule has 0 atom stereocenters. The number of benzene rings is 1. The van der Waals surface area contributed by atoms with Gasteiger partial charge in [-0.15, -0.1) is 0 Å². The average molecular weight is 461 g/mol. The largest absolute Gasteiger partial charge is 0.497 e. The Kier molecular flexibility index (Phi) is 8.51. The highest BCUT2D eigenvalue weighted by Crippen LogP contribution is 2.24. The second-order valence-electron chi connectivity index (χ2n) is 6.67. The summed E-state index contributed by atoms with van der Waals surface area (Å²) in [5, 5.41) is 12.1. The number of carbonyl (C=O) groups is 1. The Morgan fingerprint density at radius 3 is 2.50 bits per heavy atom. The molecule has 0 saturated carbocycles. The van der Waals surface area contributed by atoms with E-state index in [2.05, 4.69) is 32.6 Å². The molecule has 0 aliphatic carbocycles. The van der Waals surface area contributed by atoms with Crippen LogP contribution in [0.15, 0.2) is 29.6 Å². The Balaban J connectivity index is 1.72. The molecule has 172 valence electrons. The Morgan fingerprint density at radius 1 is 1.09 bits per heavy atom. The second-order valence-corrected chi connectivity index (χ2v) is 7.90. The van der Waals surface area contributed by atoms with Crippen LogP contribution in [0, 0.1) is 0 Å². The number of hydrogen-bond donors (Lipinski definition) is 2. The van der Waals surface area contributed by atoms with Crippen molar-refractivity contribution in [3.05, 3.63) is 30.0 Å². The van der Waals surface area contributed by atoms with Crippen LogP contribution < -0.4 is 20.1 Å². The van der Waals surface area contributed by atoms with Gasteiger partial charge in [0.05, 0.1) is 39.0 Å². The predicted octanol–water partition coefficient (Wildman–Crippen LogP) is 2.44. The highest BCUT2D eigenvalue weighted by Gasteiger charge is 2.14. The number of fused-ring (bicyclic) bond motifs is 1. The third-order valence-electron chi connectivity index (χ3n) is 4.57. The summed E-state index contributed by atoms with van der Waals surface area (Å²) in [5.41, 5.74) is 1.17. The zero-order valence-corrected chi connectivity index (χ0v) is 19.5. The van der Waals surface area contributed by atoms with Gasteiger partial charge in [-0.05, 0) is 17.9 Å². The summed E-state index contributed by atoms with van der Waals surface area (Å²) >= 11 is 1.56. The summed E-state index contributed by atoms with van der Waals surface area (Å²) in [4.78, 5) is 21.9. The number of thioether (sulfide) groups is 1. The molecule has 3 aromatic rings. The Labute approximate surface area is 191 Å². The third-order valence-corrected chi connectivity index (χ3v) is 5.30. The molecule has 0 aliphatic rings. The van der Waals surface area contributed by atoms with E-state index < -0.39 is 0 Å². The van der Waals surface area contributed by atoms with Crippen molar-refractivity contribution in [2.24, 2.45) is 0 Å². The lowest BCUT2D eigenvalue weighted by molar-refractivity contribution is 0.0951. The van der Waals surface area contributed by atoms with Crippen molar-refractivity contribution in [1.29, 1.82) is 0 Å². The van der Waals surface area contributed by atoms with Gasteiger partial charge in [0.25, 0.3) is 5.91 Å². The third kappa shape index (κ3) is 5.80. The van der Waals surface area contributed by atoms with Crippen molar-refractivity contribution in [3.63, 3.8) is 0 Å². The van der Waals surface area contributed by atoms with Crippen molar-refractivity contribution >= 4 is 34.5 Å². The lowest BCUT2D eigenvalue weighted by atomic mass is 10.2. The van der Waals surface area contributed by atoms with E-state index in [9.17, 15) is 4.79 Å². The van der Waals surface area contributed by atoms with E-state index in [1.165, 1.54) is 0 Å². The molecule has 2 heterocycles. The van der Waals surface area contributed by atoms with Gasteiger partial charge < -0.3 is 24.8 Å². The number of nitrogens with zero attached hydrogens (tertiary/aromatic N) is 4. The van der Waals surface area contributed by atoms with Crippen LogP contribution in [-0.4, -0.2) is 72.4 Å². The van der Waals surface area contributed by atoms with Gasteiger partial charge in [-0.25, -0.2) is 14.6 Å². The molecular weight excluding hydrogens is 432 g/mol. The van der Waals surface area contributed by atoms with Crippen LogP contribution in [0.1, 0.15) is 17.3 Å². The van der Waals surface area contributed by atoms with E-state index >= 15 is 0 Å². The summed E-state index contributed by atoms with van der Waals surface area (Å²) in [6.45, 7) is 4.08. The fourth-order valence-electron chi connectivity index (χ4n) is 3.01. The minimum Gasteiger partial charge on any atom is -0.497 e. The van der Waals surface area contributed by atoms with Crippen LogP contribution in [-0.2, 0) is 11.3 Å². The number of ether oxygens (including phenoxy) is 3. The number of methoxy groups -OCH3 is 3. The average Bonchev–Trinajstić information content (AvgIpc) is 3.22. The topological polar surface area (TPSA) is 112 Å². The number of carbonyl (C=O) groups excluding carboxylic acids is 1. The lowest BCUT2D eigenvalue weighted by Crippen LogP contribution is -2.27. The second kappa shape index (κ2) is 11.5. The van der Waals surface area contributed by atoms with Crippen molar-refractivity contribution < 1.29 is 19.0 Å². The minimum absolute atomic E-state index is 0.225. The normalized spacial score (nSPS) is 10.9. The van der Waals surface area contributed by atoms with Crippen molar-refractivity contribution in [2.75, 3.05) is 52.1 Å². The molecule has 1 aromatic carbocycles. The van der Waals surface area contributed by atoms with E-state index in [1.54, 1.807) is 62.2 Å². The van der Waals surface area contributed by atoms with Gasteiger partial charge in [-0.1, -0.05) is 18.7 Å². The highest BCUT2D eigenvalue weighted by atomic mass is 32.2. The maximum Gasteiger partial charge on any atom is 0.251 e. The van der Waals surface area contributed by atoms with E-state index in [0.717, 1.165) is 17.0 Å². The van der Waals surface area contributed by atoms with E-state index in [-0.39, 0.29) is 5.91 Å². The Hall–Kier alpha value is -3.05. The van der Waals surface area contributed by atoms with Crippen LogP contribution in [0.5, 0.6) is 11.5 Å². The molecule has 1 amide bonds. The van der Waals surface area contributed by atoms with Gasteiger partial charge in [-0.2, -0.15) is 5.10 Å². The molecule has 2 aromatic heterocycles. The highest BCUT2D eigenvalue weighted by molar-refractivity contribution is 7.99. The zero-order chi connectivity index (χ0) is 22.9. The standard InChI is InChI=1S/C21H28N6O4S/c1-5-32-21-25-18(22-7-9-29-2)17-13-24-27(19(17)26-21)8-6-23-20(28)14-10-15(30-3)12-16(11-14)31-4/h10-13H,5-9H2,1-4H3,(H,23,28)(H,22,25,26). The fraction of sp³-hybridized carbons (Fsp3) is 0.429. The Bertz CT molecular complexity index is 1040. The number of rotatable bonds is 12. The molecule has 2 N–H and O–H groups in total. The quantitative estimate of drug-likeness (QED) is 0.239. The van der Waals surface area contributed by atoms with Gasteiger partial charge in [0, 0.05) is 31.8 Å². The number of anilines is 1. The van der Waals surface area contributed by atoms with Crippen molar-refractivity contribution in [2.45, 2.75) is 18.6 Å². The maximum atomic E-state index is 12.6. The molecule has 10 nitrogen and oxygen atoms in total. The van der Waals surface area contributed by atoms with Crippen LogP contribution in [0.2, 0.25) is 0 Å². The van der Waals surface area contributed by atoms with Gasteiger partial charge in [0.2, 0.25) is 0 Å². The molecule has 0 radical (unpaired) electrons. The summed E-state index contributed by atoms with van der Waals surface area (Å²) in [6.07, 6.45) is 1.74. The molecule has 32 heavy (non-hydrogen) atoms. The number of nitrogens with one attached hydrogen (secondary N) is 2. The summed E-state index contributed by atoms with van der Waals surface area (Å²) in [7, 11) is 4.75. The zero-order valence-electron chi connectivity index (χ0n) is 18.7. The van der Waals surface area contributed by atoms with Gasteiger partial charge >= 0.3 is 0 Å². The maximum absolute atomic E-state index is 12.6. The smallest absolute Gasteiger partial charge is 0.251 e. The minimum atomic E-state index is -0.225. The van der Waals surface area contributed by atoms with E-state index in [1.807, 2.05) is 0 Å². The van der Waals surface area contributed by atoms with Crippen LogP contribution in [0.4, 0.5) is 5.82 Å². The monoisotopic (exact) mass is 460 g/mol. The molecule has 0 aliphatic heterocycles. The van der Waals surface area contributed by atoms with Gasteiger partial charge in [0.1, 0.15) is 17.3 Å². The van der Waals surface area contributed by atoms with Crippen LogP contribution >= 0.6 is 11.8 Å². The van der Waals surface area contributed by atoms with Gasteiger partial charge in [-0.3, -0.25) is 4.79 Å². The number of aromatic nitrogens is 4. The fourth-order valence-corrected chi connectivity index (χ4v) is 3.58. The van der Waals surface area contributed by atoms with Gasteiger partial charge in [0.15, 0.2) is 10.8 Å². The van der Waals surface area contributed by atoms with Crippen molar-refractivity contribution in [3.8, 4) is 11.5 Å². The lowest BCUT2D eigenvalue weighted by Gasteiger charge is -2.10. The van der Waals surface area contributed by atoms with Crippen LogP contribution in [0.25, 0.3) is 11.0 Å². The summed E-state index contributed by atoms with van der Waals surface area (Å²) in [6, 6.07) is 5.05. The molecule has 11 heteroatoms. The predicted molar refractivity (Wildman–Crippen MR) is 124 cm³/mol. The van der Waals surface area contributed by atoms with Crippen molar-refractivity contribution in [1.82, 2.24) is 25.1 Å². The van der Waals surface area contributed by atoms with Crippen LogP contribution in [0.3, 0.4) is 0 Å². The molecular formula is C21H28N6O4S. The Morgan fingerprint density at radius 2 is 1.84 bits per heavy atom. The first-order valence-electron chi connectivity index (χ1n) is 10.2. The first-order chi connectivity index (χ1) is 15.6. The SMILES string of the molecule is CCSc1nc(NCCOC)c2cnn(CCNC(=O)c3cc(OC)cc(OC)c3)c2n1. The molecule has 0 bridgehead atoms. The number of hydrogen-bond acceptors (Lipinski definition) is 9. The molecule has 0 spiro atoms. The summed E-state index contributed by atoms with van der Waals surface area (Å²) < 4.78 is 17.3. The molecule has 0 fully saturated rings.